The second-order valence-electron chi connectivity index (χ2n) is 7.32. The number of rotatable bonds is 2. The lowest BCUT2D eigenvalue weighted by Gasteiger charge is -2.38. The van der Waals surface area contributed by atoms with Crippen molar-refractivity contribution in [2.45, 2.75) is 57.5 Å². The smallest absolute Gasteiger partial charge is 0.410 e. The van der Waals surface area contributed by atoms with Crippen molar-refractivity contribution < 1.29 is 9.53 Å². The van der Waals surface area contributed by atoms with Gasteiger partial charge in [0.2, 0.25) is 0 Å². The normalized spacial score (nSPS) is 27.0. The van der Waals surface area contributed by atoms with E-state index in [1.807, 2.05) is 39.0 Å². The Hall–Kier alpha value is -2.06. The van der Waals surface area contributed by atoms with Gasteiger partial charge < -0.3 is 9.64 Å². The predicted octanol–water partition coefficient (Wildman–Crippen LogP) is 2.77. The van der Waals surface area contributed by atoms with E-state index in [-0.39, 0.29) is 24.2 Å². The molecule has 5 nitrogen and oxygen atoms in total. The van der Waals surface area contributed by atoms with E-state index in [4.69, 9.17) is 4.74 Å². The first-order valence-corrected chi connectivity index (χ1v) is 8.08. The Morgan fingerprint density at radius 2 is 2.04 bits per heavy atom. The Balaban J connectivity index is 1.71. The van der Waals surface area contributed by atoms with Crippen molar-refractivity contribution >= 4 is 6.09 Å². The third-order valence-corrected chi connectivity index (χ3v) is 4.48. The Bertz CT molecular complexity index is 617. The van der Waals surface area contributed by atoms with Crippen LogP contribution in [-0.2, 0) is 11.3 Å². The van der Waals surface area contributed by atoms with E-state index in [0.29, 0.717) is 6.54 Å². The summed E-state index contributed by atoms with van der Waals surface area (Å²) in [6.45, 7) is 6.99. The molecule has 2 fully saturated rings. The van der Waals surface area contributed by atoms with Gasteiger partial charge in [-0.1, -0.05) is 30.3 Å². The summed E-state index contributed by atoms with van der Waals surface area (Å²) in [6, 6.07) is 12.5. The van der Waals surface area contributed by atoms with Gasteiger partial charge in [0.25, 0.3) is 0 Å². The molecule has 1 aromatic carbocycles. The maximum absolute atomic E-state index is 12.4. The minimum atomic E-state index is -0.509. The number of benzene rings is 1. The van der Waals surface area contributed by atoms with Crippen LogP contribution in [0.4, 0.5) is 4.79 Å². The van der Waals surface area contributed by atoms with E-state index in [1.165, 1.54) is 5.56 Å². The Morgan fingerprint density at radius 1 is 1.35 bits per heavy atom. The Labute approximate surface area is 137 Å². The summed E-state index contributed by atoms with van der Waals surface area (Å²) >= 11 is 0. The number of amides is 1. The van der Waals surface area contributed by atoms with Crippen molar-refractivity contribution in [3.8, 4) is 6.07 Å². The van der Waals surface area contributed by atoms with E-state index in [9.17, 15) is 10.1 Å². The molecular formula is C18H23N3O2. The summed E-state index contributed by atoms with van der Waals surface area (Å²) in [4.78, 5) is 16.3. The van der Waals surface area contributed by atoms with Crippen LogP contribution in [0, 0.1) is 11.3 Å². The van der Waals surface area contributed by atoms with Crippen molar-refractivity contribution in [2.75, 3.05) is 6.54 Å². The molecule has 2 aliphatic rings. The monoisotopic (exact) mass is 313 g/mol. The summed E-state index contributed by atoms with van der Waals surface area (Å²) in [7, 11) is 0. The van der Waals surface area contributed by atoms with Crippen LogP contribution in [0.5, 0.6) is 0 Å². The molecule has 1 amide bonds. The first-order valence-electron chi connectivity index (χ1n) is 8.08. The zero-order valence-corrected chi connectivity index (χ0v) is 13.9. The standard InChI is InChI=1S/C18H23N3O2/c1-18(2,3)23-17(22)21-12-14-9-15(21)16(10-19)20(14)11-13-7-5-4-6-8-13/h4-8,14-16H,9,11-12H2,1-3H3/t14-,15-,16+/m0/s1. The van der Waals surface area contributed by atoms with Crippen LogP contribution >= 0.6 is 0 Å². The molecule has 3 rings (SSSR count). The van der Waals surface area contributed by atoms with Gasteiger partial charge in [-0.25, -0.2) is 4.79 Å². The van der Waals surface area contributed by atoms with Gasteiger partial charge in [-0.2, -0.15) is 5.26 Å². The Morgan fingerprint density at radius 3 is 2.65 bits per heavy atom. The zero-order chi connectivity index (χ0) is 16.6. The second-order valence-corrected chi connectivity index (χ2v) is 7.32. The molecule has 0 aliphatic carbocycles. The highest BCUT2D eigenvalue weighted by Gasteiger charge is 2.52. The van der Waals surface area contributed by atoms with Crippen LogP contribution in [-0.4, -0.2) is 46.2 Å². The van der Waals surface area contributed by atoms with Gasteiger partial charge in [0.15, 0.2) is 0 Å². The zero-order valence-electron chi connectivity index (χ0n) is 13.9. The van der Waals surface area contributed by atoms with Gasteiger partial charge in [0, 0.05) is 19.1 Å². The summed E-state index contributed by atoms with van der Waals surface area (Å²) in [5.41, 5.74) is 0.689. The van der Waals surface area contributed by atoms with Crippen LogP contribution in [0.2, 0.25) is 0 Å². The van der Waals surface area contributed by atoms with Crippen molar-refractivity contribution in [3.63, 3.8) is 0 Å². The largest absolute Gasteiger partial charge is 0.444 e. The van der Waals surface area contributed by atoms with Gasteiger partial charge in [0.1, 0.15) is 11.6 Å². The fraction of sp³-hybridized carbons (Fsp3) is 0.556. The summed E-state index contributed by atoms with van der Waals surface area (Å²) in [5.74, 6) is 0. The maximum atomic E-state index is 12.4. The molecule has 0 radical (unpaired) electrons. The number of carbonyl (C=O) groups excluding carboxylic acids is 1. The van der Waals surface area contributed by atoms with Gasteiger partial charge in [-0.3, -0.25) is 4.90 Å². The molecule has 5 heteroatoms. The number of nitriles is 1. The van der Waals surface area contributed by atoms with Crippen LogP contribution < -0.4 is 0 Å². The third-order valence-electron chi connectivity index (χ3n) is 4.48. The molecule has 23 heavy (non-hydrogen) atoms. The predicted molar refractivity (Wildman–Crippen MR) is 86.5 cm³/mol. The number of hydrogen-bond acceptors (Lipinski definition) is 4. The van der Waals surface area contributed by atoms with Crippen LogP contribution in [0.1, 0.15) is 32.8 Å². The molecule has 0 spiro atoms. The number of nitrogens with zero attached hydrogens (tertiary/aromatic N) is 3. The summed E-state index contributed by atoms with van der Waals surface area (Å²) in [5, 5.41) is 9.60. The average Bonchev–Trinajstić information content (AvgIpc) is 3.04. The van der Waals surface area contributed by atoms with Crippen molar-refractivity contribution in [1.29, 1.82) is 5.26 Å². The van der Waals surface area contributed by atoms with E-state index >= 15 is 0 Å². The quantitative estimate of drug-likeness (QED) is 0.842. The summed E-state index contributed by atoms with van der Waals surface area (Å²) in [6.07, 6.45) is 0.550. The third kappa shape index (κ3) is 3.18. The SMILES string of the molecule is CC(C)(C)OC(=O)N1C[C@@H]2C[C@H]1[C@@H](C#N)N2Cc1ccccc1. The number of hydrogen-bond donors (Lipinski definition) is 0. The molecule has 122 valence electrons. The van der Waals surface area contributed by atoms with E-state index in [0.717, 1.165) is 13.0 Å². The molecule has 1 aromatic rings. The fourth-order valence-corrected chi connectivity index (χ4v) is 3.54. The summed E-state index contributed by atoms with van der Waals surface area (Å²) < 4.78 is 5.48. The van der Waals surface area contributed by atoms with Crippen molar-refractivity contribution in [3.05, 3.63) is 35.9 Å². The van der Waals surface area contributed by atoms with Crippen LogP contribution in [0.3, 0.4) is 0 Å². The van der Waals surface area contributed by atoms with Crippen molar-refractivity contribution in [1.82, 2.24) is 9.80 Å². The lowest BCUT2D eigenvalue weighted by atomic mass is 10.1. The number of likely N-dealkylation sites (tertiary alicyclic amines) is 2. The highest BCUT2D eigenvalue weighted by Crippen LogP contribution is 2.37. The molecule has 2 aliphatic heterocycles. The number of carbonyl (C=O) groups is 1. The molecule has 0 unspecified atom stereocenters. The average molecular weight is 313 g/mol. The number of ether oxygens (including phenoxy) is 1. The fourth-order valence-electron chi connectivity index (χ4n) is 3.54. The van der Waals surface area contributed by atoms with E-state index in [2.05, 4.69) is 23.1 Å². The highest BCUT2D eigenvalue weighted by atomic mass is 16.6. The van der Waals surface area contributed by atoms with Gasteiger partial charge in [-0.15, -0.1) is 0 Å². The second kappa shape index (κ2) is 5.86. The van der Waals surface area contributed by atoms with Crippen LogP contribution in [0.15, 0.2) is 30.3 Å². The molecule has 2 heterocycles. The molecular weight excluding hydrogens is 290 g/mol. The molecule has 0 aromatic heterocycles. The van der Waals surface area contributed by atoms with Gasteiger partial charge in [0.05, 0.1) is 12.1 Å². The molecule has 3 atom stereocenters. The highest BCUT2D eigenvalue weighted by molar-refractivity contribution is 5.69. The number of piperazine rings is 1. The van der Waals surface area contributed by atoms with Gasteiger partial charge in [-0.05, 0) is 32.8 Å². The molecule has 2 bridgehead atoms. The molecule has 2 saturated heterocycles. The first kappa shape index (κ1) is 15.8. The molecule has 0 saturated carbocycles. The maximum Gasteiger partial charge on any atom is 0.410 e. The lowest BCUT2D eigenvalue weighted by Crippen LogP contribution is -2.54. The first-order chi connectivity index (χ1) is 10.9. The lowest BCUT2D eigenvalue weighted by molar-refractivity contribution is 0.00662. The van der Waals surface area contributed by atoms with E-state index < -0.39 is 5.60 Å². The minimum Gasteiger partial charge on any atom is -0.444 e. The van der Waals surface area contributed by atoms with Crippen LogP contribution in [0.25, 0.3) is 0 Å². The van der Waals surface area contributed by atoms with Crippen molar-refractivity contribution in [2.24, 2.45) is 0 Å². The minimum absolute atomic E-state index is 0.0661. The van der Waals surface area contributed by atoms with E-state index in [1.54, 1.807) is 4.90 Å². The molecule has 0 N–H and O–H groups in total. The Kier molecular flexibility index (Phi) is 4.03. The topological polar surface area (TPSA) is 56.6 Å². The van der Waals surface area contributed by atoms with Gasteiger partial charge >= 0.3 is 6.09 Å². The number of fused-ring (bicyclic) bond motifs is 2.